The maximum Gasteiger partial charge on any atom is 0.246 e. The van der Waals surface area contributed by atoms with Crippen molar-refractivity contribution in [2.24, 2.45) is 0 Å². The van der Waals surface area contributed by atoms with Gasteiger partial charge in [0.25, 0.3) is 0 Å². The summed E-state index contributed by atoms with van der Waals surface area (Å²) in [6.45, 7) is 3.12. The monoisotopic (exact) mass is 277 g/mol. The molecule has 100 valence electrons. The van der Waals surface area contributed by atoms with Crippen LogP contribution in [0.2, 0.25) is 5.02 Å². The van der Waals surface area contributed by atoms with Gasteiger partial charge >= 0.3 is 0 Å². The molecule has 0 amide bonds. The van der Waals surface area contributed by atoms with Gasteiger partial charge < -0.3 is 9.84 Å². The summed E-state index contributed by atoms with van der Waals surface area (Å²) in [4.78, 5) is 4.51. The van der Waals surface area contributed by atoms with E-state index in [4.69, 9.17) is 16.1 Å². The molecule has 1 aliphatic heterocycles. The largest absolute Gasteiger partial charge is 0.337 e. The molecule has 1 unspecified atom stereocenters. The molecule has 2 aromatic rings. The molecule has 5 heteroatoms. The molecule has 1 fully saturated rings. The van der Waals surface area contributed by atoms with Gasteiger partial charge in [0.15, 0.2) is 5.82 Å². The summed E-state index contributed by atoms with van der Waals surface area (Å²) in [7, 11) is 0. The summed E-state index contributed by atoms with van der Waals surface area (Å²) in [5.41, 5.74) is 0.965. The van der Waals surface area contributed by atoms with E-state index in [1.54, 1.807) is 0 Å². The fourth-order valence-electron chi connectivity index (χ4n) is 2.41. The van der Waals surface area contributed by atoms with E-state index >= 15 is 0 Å². The van der Waals surface area contributed by atoms with Crippen molar-refractivity contribution in [2.45, 2.75) is 31.7 Å². The van der Waals surface area contributed by atoms with Crippen molar-refractivity contribution in [2.75, 3.05) is 6.54 Å². The second-order valence-corrected chi connectivity index (χ2v) is 5.62. The first-order valence-corrected chi connectivity index (χ1v) is 6.86. The molecule has 2 heterocycles. The fraction of sp³-hybridized carbons (Fsp3) is 0.429. The molecule has 3 rings (SSSR count). The van der Waals surface area contributed by atoms with Crippen LogP contribution in [0.4, 0.5) is 0 Å². The van der Waals surface area contributed by atoms with E-state index in [2.05, 4.69) is 22.4 Å². The molecule has 1 saturated heterocycles. The number of nitrogens with one attached hydrogen (secondary N) is 1. The van der Waals surface area contributed by atoms with Crippen LogP contribution in [-0.4, -0.2) is 16.7 Å². The van der Waals surface area contributed by atoms with Gasteiger partial charge in [-0.05, 0) is 44.0 Å². The van der Waals surface area contributed by atoms with Crippen LogP contribution in [0.5, 0.6) is 0 Å². The van der Waals surface area contributed by atoms with E-state index in [1.165, 1.54) is 0 Å². The summed E-state index contributed by atoms with van der Waals surface area (Å²) in [5.74, 6) is 1.40. The molecule has 0 spiro atoms. The van der Waals surface area contributed by atoms with E-state index in [0.29, 0.717) is 18.1 Å². The Hall–Kier alpha value is -1.39. The standard InChI is InChI=1S/C14H16ClN3O/c1-14(7-2-8-16-14)13-17-12(18-19-13)9-10-3-5-11(15)6-4-10/h3-6,16H,2,7-9H2,1H3. The number of hydrogen-bond donors (Lipinski definition) is 1. The quantitative estimate of drug-likeness (QED) is 0.937. The van der Waals surface area contributed by atoms with Crippen molar-refractivity contribution in [1.82, 2.24) is 15.5 Å². The van der Waals surface area contributed by atoms with E-state index < -0.39 is 0 Å². The molecule has 0 saturated carbocycles. The van der Waals surface area contributed by atoms with Crippen LogP contribution in [0.25, 0.3) is 0 Å². The number of nitrogens with zero attached hydrogens (tertiary/aromatic N) is 2. The van der Waals surface area contributed by atoms with Crippen LogP contribution < -0.4 is 5.32 Å². The van der Waals surface area contributed by atoms with Gasteiger partial charge in [0.1, 0.15) is 0 Å². The second kappa shape index (κ2) is 4.94. The molecule has 1 aromatic heterocycles. The first-order chi connectivity index (χ1) is 9.16. The molecule has 4 nitrogen and oxygen atoms in total. The summed E-state index contributed by atoms with van der Waals surface area (Å²) in [6.07, 6.45) is 2.84. The SMILES string of the molecule is CC1(c2nc(Cc3ccc(Cl)cc3)no2)CCCN1. The second-order valence-electron chi connectivity index (χ2n) is 5.18. The predicted octanol–water partition coefficient (Wildman–Crippen LogP) is 2.91. The minimum absolute atomic E-state index is 0.161. The molecule has 0 aliphatic carbocycles. The third-order valence-electron chi connectivity index (χ3n) is 3.58. The van der Waals surface area contributed by atoms with Crippen LogP contribution in [0, 0.1) is 0 Å². The molecular weight excluding hydrogens is 262 g/mol. The van der Waals surface area contributed by atoms with Crippen molar-refractivity contribution in [3.8, 4) is 0 Å². The van der Waals surface area contributed by atoms with Gasteiger partial charge in [-0.25, -0.2) is 0 Å². The third-order valence-corrected chi connectivity index (χ3v) is 3.84. The van der Waals surface area contributed by atoms with Gasteiger partial charge in [0, 0.05) is 11.4 Å². The lowest BCUT2D eigenvalue weighted by atomic mass is 10.0. The minimum atomic E-state index is -0.161. The lowest BCUT2D eigenvalue weighted by Gasteiger charge is -2.18. The Morgan fingerprint density at radius 3 is 2.84 bits per heavy atom. The van der Waals surface area contributed by atoms with Crippen molar-refractivity contribution < 1.29 is 4.52 Å². The Morgan fingerprint density at radius 1 is 1.37 bits per heavy atom. The zero-order chi connectivity index (χ0) is 13.3. The average molecular weight is 278 g/mol. The van der Waals surface area contributed by atoms with Crippen LogP contribution in [0.1, 0.15) is 37.0 Å². The first kappa shape index (κ1) is 12.6. The van der Waals surface area contributed by atoms with E-state index in [-0.39, 0.29) is 5.54 Å². The molecule has 1 aliphatic rings. The zero-order valence-electron chi connectivity index (χ0n) is 10.8. The van der Waals surface area contributed by atoms with Gasteiger partial charge in [-0.3, -0.25) is 0 Å². The lowest BCUT2D eigenvalue weighted by Crippen LogP contribution is -2.33. The number of benzene rings is 1. The maximum atomic E-state index is 5.87. The van der Waals surface area contributed by atoms with Crippen molar-refractivity contribution in [3.05, 3.63) is 46.6 Å². The molecule has 0 radical (unpaired) electrons. The summed E-state index contributed by atoms with van der Waals surface area (Å²) in [5, 5.41) is 8.22. The highest BCUT2D eigenvalue weighted by Crippen LogP contribution is 2.29. The highest BCUT2D eigenvalue weighted by atomic mass is 35.5. The number of rotatable bonds is 3. The maximum absolute atomic E-state index is 5.87. The molecule has 1 atom stereocenters. The Morgan fingerprint density at radius 2 is 2.16 bits per heavy atom. The highest BCUT2D eigenvalue weighted by Gasteiger charge is 2.35. The number of halogens is 1. The zero-order valence-corrected chi connectivity index (χ0v) is 11.6. The van der Waals surface area contributed by atoms with Gasteiger partial charge in [-0.15, -0.1) is 0 Å². The summed E-state index contributed by atoms with van der Waals surface area (Å²) >= 11 is 5.87. The van der Waals surface area contributed by atoms with Crippen molar-refractivity contribution in [3.63, 3.8) is 0 Å². The lowest BCUT2D eigenvalue weighted by molar-refractivity contribution is 0.274. The Balaban J connectivity index is 1.76. The molecule has 19 heavy (non-hydrogen) atoms. The van der Waals surface area contributed by atoms with E-state index in [9.17, 15) is 0 Å². The number of hydrogen-bond acceptors (Lipinski definition) is 4. The van der Waals surface area contributed by atoms with E-state index in [0.717, 1.165) is 30.0 Å². The predicted molar refractivity (Wildman–Crippen MR) is 73.1 cm³/mol. The van der Waals surface area contributed by atoms with Crippen molar-refractivity contribution >= 4 is 11.6 Å². The first-order valence-electron chi connectivity index (χ1n) is 6.48. The molecular formula is C14H16ClN3O. The van der Waals surface area contributed by atoms with Crippen LogP contribution >= 0.6 is 11.6 Å². The Kier molecular flexibility index (Phi) is 3.29. The van der Waals surface area contributed by atoms with Gasteiger partial charge in [-0.1, -0.05) is 28.9 Å². The normalized spacial score (nSPS) is 22.8. The summed E-state index contributed by atoms with van der Waals surface area (Å²) < 4.78 is 5.40. The van der Waals surface area contributed by atoms with Gasteiger partial charge in [-0.2, -0.15) is 4.98 Å². The van der Waals surface area contributed by atoms with Crippen LogP contribution in [0.15, 0.2) is 28.8 Å². The topological polar surface area (TPSA) is 51.0 Å². The molecule has 0 bridgehead atoms. The fourth-order valence-corrected chi connectivity index (χ4v) is 2.54. The molecule has 1 aromatic carbocycles. The molecule has 1 N–H and O–H groups in total. The summed E-state index contributed by atoms with van der Waals surface area (Å²) in [6, 6.07) is 7.71. The van der Waals surface area contributed by atoms with Crippen LogP contribution in [-0.2, 0) is 12.0 Å². The van der Waals surface area contributed by atoms with Gasteiger partial charge in [0.05, 0.1) is 5.54 Å². The Labute approximate surface area is 117 Å². The average Bonchev–Trinajstić information content (AvgIpc) is 3.02. The smallest absolute Gasteiger partial charge is 0.246 e. The van der Waals surface area contributed by atoms with Gasteiger partial charge in [0.2, 0.25) is 5.89 Å². The Bertz CT molecular complexity index is 558. The number of aromatic nitrogens is 2. The van der Waals surface area contributed by atoms with E-state index in [1.807, 2.05) is 24.3 Å². The minimum Gasteiger partial charge on any atom is -0.337 e. The third kappa shape index (κ3) is 2.65. The van der Waals surface area contributed by atoms with Crippen molar-refractivity contribution in [1.29, 1.82) is 0 Å². The highest BCUT2D eigenvalue weighted by molar-refractivity contribution is 6.30. The van der Waals surface area contributed by atoms with Crippen LogP contribution in [0.3, 0.4) is 0 Å².